The molecule has 0 spiro atoms. The molecule has 1 saturated carbocycles. The molecule has 0 unspecified atom stereocenters. The minimum Gasteiger partial charge on any atom is -0.378 e. The lowest BCUT2D eigenvalue weighted by Gasteiger charge is -2.30. The van der Waals surface area contributed by atoms with Gasteiger partial charge in [-0.25, -0.2) is 4.39 Å². The molecule has 16 heavy (non-hydrogen) atoms. The van der Waals surface area contributed by atoms with Crippen LogP contribution in [-0.2, 0) is 0 Å². The van der Waals surface area contributed by atoms with Crippen LogP contribution in [-0.4, -0.2) is 12.1 Å². The van der Waals surface area contributed by atoms with Crippen LogP contribution in [0.15, 0.2) is 18.2 Å². The molecule has 1 aromatic carbocycles. The monoisotopic (exact) mass is 242 g/mol. The zero-order valence-electron chi connectivity index (χ0n) is 9.05. The minimum absolute atomic E-state index is 0.104. The van der Waals surface area contributed by atoms with Crippen LogP contribution in [0.3, 0.4) is 0 Å². The van der Waals surface area contributed by atoms with Crippen LogP contribution in [0.25, 0.3) is 0 Å². The van der Waals surface area contributed by atoms with Gasteiger partial charge in [-0.05, 0) is 31.0 Å². The first-order valence-electron chi connectivity index (χ1n) is 5.64. The number of hydrogen-bond donors (Lipinski definition) is 2. The van der Waals surface area contributed by atoms with Crippen molar-refractivity contribution >= 4 is 17.3 Å². The lowest BCUT2D eigenvalue weighted by Crippen LogP contribution is -2.42. The van der Waals surface area contributed by atoms with Gasteiger partial charge in [0.1, 0.15) is 5.82 Å². The number of rotatable bonds is 2. The summed E-state index contributed by atoms with van der Waals surface area (Å²) in [5.41, 5.74) is 6.45. The van der Waals surface area contributed by atoms with Gasteiger partial charge in [-0.15, -0.1) is 0 Å². The predicted octanol–water partition coefficient (Wildman–Crippen LogP) is 3.16. The highest BCUT2D eigenvalue weighted by molar-refractivity contribution is 6.30. The molecule has 2 rings (SSSR count). The number of nitrogens with one attached hydrogen (secondary N) is 1. The van der Waals surface area contributed by atoms with E-state index in [-0.39, 0.29) is 17.9 Å². The third-order valence-electron chi connectivity index (χ3n) is 3.09. The highest BCUT2D eigenvalue weighted by atomic mass is 35.5. The van der Waals surface area contributed by atoms with E-state index in [2.05, 4.69) is 5.32 Å². The molecule has 0 radical (unpaired) electrons. The third kappa shape index (κ3) is 2.66. The highest BCUT2D eigenvalue weighted by Crippen LogP contribution is 2.24. The first-order chi connectivity index (χ1) is 7.66. The van der Waals surface area contributed by atoms with Crippen molar-refractivity contribution in [1.82, 2.24) is 0 Å². The smallest absolute Gasteiger partial charge is 0.146 e. The van der Waals surface area contributed by atoms with Crippen molar-refractivity contribution in [1.29, 1.82) is 0 Å². The standard InChI is InChI=1S/C12H16ClFN2/c13-8-5-6-9(14)12(7-8)16-11-4-2-1-3-10(11)15/h5-7,10-11,16H,1-4,15H2/t10-,11+/m0/s1. The van der Waals surface area contributed by atoms with Gasteiger partial charge in [0.15, 0.2) is 0 Å². The van der Waals surface area contributed by atoms with E-state index < -0.39 is 0 Å². The Hall–Kier alpha value is -0.800. The van der Waals surface area contributed by atoms with Gasteiger partial charge in [0.25, 0.3) is 0 Å². The van der Waals surface area contributed by atoms with Crippen LogP contribution in [0.5, 0.6) is 0 Å². The van der Waals surface area contributed by atoms with Gasteiger partial charge < -0.3 is 11.1 Å². The topological polar surface area (TPSA) is 38.0 Å². The number of anilines is 1. The zero-order valence-corrected chi connectivity index (χ0v) is 9.80. The summed E-state index contributed by atoms with van der Waals surface area (Å²) in [4.78, 5) is 0. The average Bonchev–Trinajstić information content (AvgIpc) is 2.27. The van der Waals surface area contributed by atoms with E-state index >= 15 is 0 Å². The van der Waals surface area contributed by atoms with Gasteiger partial charge in [-0.3, -0.25) is 0 Å². The molecule has 3 N–H and O–H groups in total. The number of hydrogen-bond acceptors (Lipinski definition) is 2. The van der Waals surface area contributed by atoms with E-state index in [1.54, 1.807) is 12.1 Å². The molecule has 0 saturated heterocycles. The lowest BCUT2D eigenvalue weighted by molar-refractivity contribution is 0.403. The molecule has 2 nitrogen and oxygen atoms in total. The van der Waals surface area contributed by atoms with Gasteiger partial charge in [-0.1, -0.05) is 24.4 Å². The van der Waals surface area contributed by atoms with Crippen molar-refractivity contribution in [3.05, 3.63) is 29.0 Å². The molecule has 0 aromatic heterocycles. The van der Waals surface area contributed by atoms with Crippen molar-refractivity contribution in [3.8, 4) is 0 Å². The van der Waals surface area contributed by atoms with Crippen LogP contribution in [0.2, 0.25) is 5.02 Å². The second kappa shape index (κ2) is 5.02. The molecule has 0 bridgehead atoms. The molecule has 1 fully saturated rings. The summed E-state index contributed by atoms with van der Waals surface area (Å²) in [7, 11) is 0. The quantitative estimate of drug-likeness (QED) is 0.836. The van der Waals surface area contributed by atoms with Crippen molar-refractivity contribution in [3.63, 3.8) is 0 Å². The van der Waals surface area contributed by atoms with Gasteiger partial charge >= 0.3 is 0 Å². The first-order valence-corrected chi connectivity index (χ1v) is 6.02. The zero-order chi connectivity index (χ0) is 11.5. The van der Waals surface area contributed by atoms with E-state index in [9.17, 15) is 4.39 Å². The average molecular weight is 243 g/mol. The molecule has 2 atom stereocenters. The Bertz CT molecular complexity index is 370. The maximum Gasteiger partial charge on any atom is 0.146 e. The Kier molecular flexibility index (Phi) is 3.66. The second-order valence-corrected chi connectivity index (χ2v) is 4.76. The number of halogens is 2. The van der Waals surface area contributed by atoms with Crippen molar-refractivity contribution in [2.24, 2.45) is 5.73 Å². The molecule has 88 valence electrons. The molecule has 1 aliphatic carbocycles. The largest absolute Gasteiger partial charge is 0.378 e. The Morgan fingerprint density at radius 2 is 2.06 bits per heavy atom. The maximum absolute atomic E-state index is 13.5. The third-order valence-corrected chi connectivity index (χ3v) is 3.32. The van der Waals surface area contributed by atoms with E-state index in [4.69, 9.17) is 17.3 Å². The summed E-state index contributed by atoms with van der Waals surface area (Å²) in [5, 5.41) is 3.69. The molecule has 1 aromatic rings. The van der Waals surface area contributed by atoms with Crippen LogP contribution in [0.4, 0.5) is 10.1 Å². The Labute approximate surface area is 100.0 Å². The van der Waals surface area contributed by atoms with Crippen molar-refractivity contribution in [2.75, 3.05) is 5.32 Å². The van der Waals surface area contributed by atoms with Gasteiger partial charge in [0, 0.05) is 17.1 Å². The summed E-state index contributed by atoms with van der Waals surface area (Å²) in [6.45, 7) is 0. The Balaban J connectivity index is 2.10. The maximum atomic E-state index is 13.5. The molecule has 0 amide bonds. The summed E-state index contributed by atoms with van der Waals surface area (Å²) in [5.74, 6) is -0.276. The highest BCUT2D eigenvalue weighted by Gasteiger charge is 2.22. The molecule has 0 heterocycles. The van der Waals surface area contributed by atoms with E-state index in [0.717, 1.165) is 25.7 Å². The molecule has 4 heteroatoms. The summed E-state index contributed by atoms with van der Waals surface area (Å²) < 4.78 is 13.5. The fourth-order valence-corrected chi connectivity index (χ4v) is 2.32. The summed E-state index contributed by atoms with van der Waals surface area (Å²) in [6, 6.07) is 4.79. The molecular weight excluding hydrogens is 227 g/mol. The van der Waals surface area contributed by atoms with Gasteiger partial charge in [0.05, 0.1) is 5.69 Å². The normalized spacial score (nSPS) is 25.4. The van der Waals surface area contributed by atoms with Gasteiger partial charge in [-0.2, -0.15) is 0 Å². The second-order valence-electron chi connectivity index (χ2n) is 4.32. The molecule has 0 aliphatic heterocycles. The summed E-state index contributed by atoms with van der Waals surface area (Å²) >= 11 is 5.83. The van der Waals surface area contributed by atoms with E-state index in [0.29, 0.717) is 10.7 Å². The number of benzene rings is 1. The molecular formula is C12H16ClFN2. The van der Waals surface area contributed by atoms with Crippen LogP contribution in [0, 0.1) is 5.82 Å². The molecule has 1 aliphatic rings. The van der Waals surface area contributed by atoms with Crippen LogP contribution >= 0.6 is 11.6 Å². The summed E-state index contributed by atoms with van der Waals surface area (Å²) in [6.07, 6.45) is 4.30. The van der Waals surface area contributed by atoms with E-state index in [1.165, 1.54) is 6.07 Å². The van der Waals surface area contributed by atoms with E-state index in [1.807, 2.05) is 0 Å². The SMILES string of the molecule is N[C@H]1CCCC[C@H]1Nc1cc(Cl)ccc1F. The van der Waals surface area contributed by atoms with Gasteiger partial charge in [0.2, 0.25) is 0 Å². The predicted molar refractivity (Wildman–Crippen MR) is 65.3 cm³/mol. The van der Waals surface area contributed by atoms with Crippen molar-refractivity contribution in [2.45, 2.75) is 37.8 Å². The number of nitrogens with two attached hydrogens (primary N) is 1. The van der Waals surface area contributed by atoms with Crippen molar-refractivity contribution < 1.29 is 4.39 Å². The minimum atomic E-state index is -0.276. The fourth-order valence-electron chi connectivity index (χ4n) is 2.15. The Morgan fingerprint density at radius 1 is 1.31 bits per heavy atom. The van der Waals surface area contributed by atoms with Crippen LogP contribution < -0.4 is 11.1 Å². The first kappa shape index (κ1) is 11.7. The Morgan fingerprint density at radius 3 is 2.81 bits per heavy atom. The lowest BCUT2D eigenvalue weighted by atomic mass is 9.91. The fraction of sp³-hybridized carbons (Fsp3) is 0.500. The van der Waals surface area contributed by atoms with Crippen LogP contribution in [0.1, 0.15) is 25.7 Å².